The third-order valence-electron chi connectivity index (χ3n) is 3.20. The fraction of sp³-hybridized carbons (Fsp3) is 0.133. The second kappa shape index (κ2) is 6.59. The van der Waals surface area contributed by atoms with Gasteiger partial charge in [-0.3, -0.25) is 10.1 Å². The second-order valence-electron chi connectivity index (χ2n) is 4.77. The van der Waals surface area contributed by atoms with E-state index in [9.17, 15) is 9.59 Å². The molecule has 1 aromatic carbocycles. The summed E-state index contributed by atoms with van der Waals surface area (Å²) >= 11 is 1.04. The highest BCUT2D eigenvalue weighted by molar-refractivity contribution is 7.17. The number of amides is 1. The van der Waals surface area contributed by atoms with Crippen LogP contribution in [0.15, 0.2) is 30.3 Å². The van der Waals surface area contributed by atoms with Gasteiger partial charge < -0.3 is 4.74 Å². The number of aromatic nitrogens is 4. The van der Waals surface area contributed by atoms with Crippen LogP contribution < -0.4 is 5.32 Å². The number of nitrogens with one attached hydrogen (secondary N) is 2. The lowest BCUT2D eigenvalue weighted by Crippen LogP contribution is -2.13. The Morgan fingerprint density at radius 3 is 2.67 bits per heavy atom. The quantitative estimate of drug-likeness (QED) is 0.703. The maximum Gasteiger partial charge on any atom is 0.350 e. The normalized spacial score (nSPS) is 10.4. The van der Waals surface area contributed by atoms with Crippen LogP contribution in [0.5, 0.6) is 0 Å². The number of hydrogen-bond donors (Lipinski definition) is 2. The Balaban J connectivity index is 1.85. The van der Waals surface area contributed by atoms with E-state index >= 15 is 0 Å². The molecule has 0 aliphatic rings. The Bertz CT molecular complexity index is 888. The Kier molecular flexibility index (Phi) is 4.34. The molecule has 0 spiro atoms. The molecule has 0 saturated carbocycles. The first kappa shape index (κ1) is 15.8. The Morgan fingerprint density at radius 2 is 1.96 bits per heavy atom. The van der Waals surface area contributed by atoms with Crippen LogP contribution in [0, 0.1) is 6.92 Å². The lowest BCUT2D eigenvalue weighted by molar-refractivity contribution is 0.0605. The lowest BCUT2D eigenvalue weighted by atomic mass is 10.1. The molecule has 122 valence electrons. The number of nitrogens with zero attached hydrogens (tertiary/aromatic N) is 3. The van der Waals surface area contributed by atoms with Crippen molar-refractivity contribution in [1.29, 1.82) is 0 Å². The third kappa shape index (κ3) is 3.01. The summed E-state index contributed by atoms with van der Waals surface area (Å²) in [6, 6.07) is 9.22. The number of ether oxygens (including phenoxy) is 1. The zero-order chi connectivity index (χ0) is 17.1. The van der Waals surface area contributed by atoms with Gasteiger partial charge in [0.15, 0.2) is 10.8 Å². The Hall–Kier alpha value is -3.07. The highest BCUT2D eigenvalue weighted by Crippen LogP contribution is 2.25. The molecule has 0 fully saturated rings. The molecule has 0 atom stereocenters. The predicted molar refractivity (Wildman–Crippen MR) is 88.0 cm³/mol. The smallest absolute Gasteiger partial charge is 0.350 e. The summed E-state index contributed by atoms with van der Waals surface area (Å²) < 4.78 is 4.68. The van der Waals surface area contributed by atoms with Gasteiger partial charge >= 0.3 is 5.97 Å². The molecule has 3 aromatic rings. The second-order valence-corrected chi connectivity index (χ2v) is 5.77. The summed E-state index contributed by atoms with van der Waals surface area (Å²) in [6.07, 6.45) is 0. The van der Waals surface area contributed by atoms with E-state index in [1.165, 1.54) is 7.11 Å². The molecule has 0 bridgehead atoms. The monoisotopic (exact) mass is 343 g/mol. The highest BCUT2D eigenvalue weighted by Gasteiger charge is 2.21. The van der Waals surface area contributed by atoms with Crippen molar-refractivity contribution in [2.45, 2.75) is 6.92 Å². The number of methoxy groups -OCH3 is 1. The lowest BCUT2D eigenvalue weighted by Gasteiger charge is -2.01. The van der Waals surface area contributed by atoms with Gasteiger partial charge in [0, 0.05) is 5.56 Å². The minimum atomic E-state index is -0.489. The van der Waals surface area contributed by atoms with E-state index in [-0.39, 0.29) is 5.69 Å². The first-order chi connectivity index (χ1) is 11.6. The van der Waals surface area contributed by atoms with Gasteiger partial charge in [-0.25, -0.2) is 9.78 Å². The average Bonchev–Trinajstić information content (AvgIpc) is 3.22. The summed E-state index contributed by atoms with van der Waals surface area (Å²) in [4.78, 5) is 28.6. The van der Waals surface area contributed by atoms with E-state index in [1.54, 1.807) is 6.92 Å². The van der Waals surface area contributed by atoms with Gasteiger partial charge in [-0.2, -0.15) is 15.4 Å². The molecule has 2 aromatic heterocycles. The molecule has 1 amide bonds. The van der Waals surface area contributed by atoms with E-state index in [2.05, 4.69) is 30.4 Å². The van der Waals surface area contributed by atoms with E-state index in [0.29, 0.717) is 21.4 Å². The van der Waals surface area contributed by atoms with Crippen molar-refractivity contribution in [3.05, 3.63) is 46.6 Å². The van der Waals surface area contributed by atoms with Crippen molar-refractivity contribution in [1.82, 2.24) is 20.4 Å². The zero-order valence-electron chi connectivity index (χ0n) is 12.9. The number of hydrogen-bond acceptors (Lipinski definition) is 7. The van der Waals surface area contributed by atoms with E-state index in [4.69, 9.17) is 0 Å². The van der Waals surface area contributed by atoms with E-state index in [0.717, 1.165) is 16.9 Å². The average molecular weight is 343 g/mol. The van der Waals surface area contributed by atoms with Crippen LogP contribution in [0.1, 0.15) is 25.9 Å². The molecular weight excluding hydrogens is 330 g/mol. The topological polar surface area (TPSA) is 110 Å². The number of aromatic amines is 1. The minimum Gasteiger partial charge on any atom is -0.465 e. The van der Waals surface area contributed by atoms with E-state index in [1.807, 2.05) is 30.3 Å². The SMILES string of the molecule is COC(=O)c1sc(NC(=O)c2n[nH]nc2-c2ccccc2)nc1C. The van der Waals surface area contributed by atoms with Crippen molar-refractivity contribution < 1.29 is 14.3 Å². The van der Waals surface area contributed by atoms with Crippen LogP contribution in [0.4, 0.5) is 5.13 Å². The van der Waals surface area contributed by atoms with Crippen molar-refractivity contribution in [2.24, 2.45) is 0 Å². The van der Waals surface area contributed by atoms with Crippen LogP contribution >= 0.6 is 11.3 Å². The number of anilines is 1. The molecule has 24 heavy (non-hydrogen) atoms. The highest BCUT2D eigenvalue weighted by atomic mass is 32.1. The number of carbonyl (C=O) groups is 2. The van der Waals surface area contributed by atoms with Gasteiger partial charge in [-0.15, -0.1) is 0 Å². The molecule has 0 aliphatic carbocycles. The van der Waals surface area contributed by atoms with Gasteiger partial charge in [-0.05, 0) is 6.92 Å². The fourth-order valence-electron chi connectivity index (χ4n) is 2.07. The number of carbonyl (C=O) groups excluding carboxylic acids is 2. The van der Waals surface area contributed by atoms with Crippen LogP contribution in [-0.2, 0) is 4.74 Å². The third-order valence-corrected chi connectivity index (χ3v) is 4.25. The molecular formula is C15H13N5O3S. The molecule has 8 nitrogen and oxygen atoms in total. The van der Waals surface area contributed by atoms with Gasteiger partial charge in [0.1, 0.15) is 10.6 Å². The molecule has 3 rings (SSSR count). The molecule has 2 heterocycles. The van der Waals surface area contributed by atoms with Crippen molar-refractivity contribution in [2.75, 3.05) is 12.4 Å². The minimum absolute atomic E-state index is 0.147. The molecule has 0 unspecified atom stereocenters. The molecule has 0 saturated heterocycles. The standard InChI is InChI=1S/C15H13N5O3S/c1-8-12(14(22)23-2)24-15(16-8)17-13(21)11-10(18-20-19-11)9-6-4-3-5-7-9/h3-7H,1-2H3,(H,16,17,21)(H,18,19,20). The number of benzene rings is 1. The Labute approximate surface area is 140 Å². The van der Waals surface area contributed by atoms with Gasteiger partial charge in [-0.1, -0.05) is 41.7 Å². The van der Waals surface area contributed by atoms with Crippen LogP contribution in [-0.4, -0.2) is 39.4 Å². The Morgan fingerprint density at radius 1 is 1.21 bits per heavy atom. The maximum atomic E-state index is 12.4. The first-order valence-electron chi connectivity index (χ1n) is 6.93. The van der Waals surface area contributed by atoms with Gasteiger partial charge in [0.25, 0.3) is 5.91 Å². The zero-order valence-corrected chi connectivity index (χ0v) is 13.7. The predicted octanol–water partition coefficient (Wildman–Crippen LogP) is 2.28. The van der Waals surface area contributed by atoms with Crippen molar-refractivity contribution in [3.63, 3.8) is 0 Å². The van der Waals surface area contributed by atoms with E-state index < -0.39 is 11.9 Å². The summed E-state index contributed by atoms with van der Waals surface area (Å²) in [5.74, 6) is -0.954. The molecule has 2 N–H and O–H groups in total. The largest absolute Gasteiger partial charge is 0.465 e. The van der Waals surface area contributed by atoms with Gasteiger partial charge in [0.05, 0.1) is 12.8 Å². The number of rotatable bonds is 4. The molecule has 9 heteroatoms. The summed E-state index contributed by atoms with van der Waals surface area (Å²) in [6.45, 7) is 1.67. The van der Waals surface area contributed by atoms with Gasteiger partial charge in [0.2, 0.25) is 0 Å². The van der Waals surface area contributed by atoms with Crippen molar-refractivity contribution in [3.8, 4) is 11.3 Å². The van der Waals surface area contributed by atoms with Crippen LogP contribution in [0.2, 0.25) is 0 Å². The number of H-pyrrole nitrogens is 1. The van der Waals surface area contributed by atoms with Crippen molar-refractivity contribution >= 4 is 28.3 Å². The fourth-order valence-corrected chi connectivity index (χ4v) is 2.95. The summed E-state index contributed by atoms with van der Waals surface area (Å²) in [5, 5.41) is 13.3. The van der Waals surface area contributed by atoms with Crippen LogP contribution in [0.25, 0.3) is 11.3 Å². The number of aryl methyl sites for hydroxylation is 1. The maximum absolute atomic E-state index is 12.4. The first-order valence-corrected chi connectivity index (χ1v) is 7.75. The summed E-state index contributed by atoms with van der Waals surface area (Å²) in [5.41, 5.74) is 1.84. The van der Waals surface area contributed by atoms with Crippen LogP contribution in [0.3, 0.4) is 0 Å². The summed E-state index contributed by atoms with van der Waals surface area (Å²) in [7, 11) is 1.29. The molecule has 0 aliphatic heterocycles. The number of esters is 1. The number of thiazole rings is 1. The molecule has 0 radical (unpaired) electrons.